The highest BCUT2D eigenvalue weighted by atomic mass is 28.3. The molecule has 5 aromatic carbocycles. The van der Waals surface area contributed by atoms with E-state index >= 15 is 0 Å². The van der Waals surface area contributed by atoms with E-state index in [1.54, 1.807) is 6.33 Å². The van der Waals surface area contributed by atoms with Gasteiger partial charge in [0.2, 0.25) is 0 Å². The number of aromatic nitrogens is 3. The molecule has 0 bridgehead atoms. The first-order chi connectivity index (χ1) is 18.4. The Balaban J connectivity index is 1.50. The van der Waals surface area contributed by atoms with Crippen LogP contribution in [0.2, 0.25) is 0 Å². The van der Waals surface area contributed by atoms with Crippen LogP contribution in [0.15, 0.2) is 140 Å². The maximum Gasteiger partial charge on any atom is 0.180 e. The molecule has 0 aliphatic carbocycles. The van der Waals surface area contributed by atoms with Crippen LogP contribution in [-0.2, 0) is 0 Å². The number of nitrogens with zero attached hydrogens (tertiary/aromatic N) is 3. The zero-order valence-corrected chi connectivity index (χ0v) is 21.1. The molecule has 0 atom stereocenters. The summed E-state index contributed by atoms with van der Waals surface area (Å²) in [5.41, 5.74) is 4.62. The van der Waals surface area contributed by atoms with Gasteiger partial charge in [0, 0.05) is 11.1 Å². The molecular weight excluding hydrogens is 466 g/mol. The van der Waals surface area contributed by atoms with Crippen LogP contribution in [-0.4, -0.2) is 23.0 Å². The Morgan fingerprint density at radius 3 is 1.65 bits per heavy atom. The SMILES string of the molecule is c1ccc(-c2ncnc(-c3ccc4c(c3)[Si](c3ccccc3)(c3ccccc3)c3ccccc3-4)n2)cc1. The summed E-state index contributed by atoms with van der Waals surface area (Å²) in [4.78, 5) is 13.9. The van der Waals surface area contributed by atoms with Gasteiger partial charge in [0.1, 0.15) is 6.33 Å². The van der Waals surface area contributed by atoms with Crippen molar-refractivity contribution in [1.82, 2.24) is 15.0 Å². The van der Waals surface area contributed by atoms with Crippen LogP contribution >= 0.6 is 0 Å². The van der Waals surface area contributed by atoms with Crippen molar-refractivity contribution in [2.45, 2.75) is 0 Å². The Morgan fingerprint density at radius 1 is 0.432 bits per heavy atom. The number of rotatable bonds is 4. The van der Waals surface area contributed by atoms with E-state index in [-0.39, 0.29) is 0 Å². The van der Waals surface area contributed by atoms with E-state index in [4.69, 9.17) is 4.98 Å². The smallest absolute Gasteiger partial charge is 0.180 e. The summed E-state index contributed by atoms with van der Waals surface area (Å²) in [6, 6.07) is 47.8. The van der Waals surface area contributed by atoms with Gasteiger partial charge in [-0.15, -0.1) is 0 Å². The molecule has 1 aromatic heterocycles. The molecule has 1 aliphatic heterocycles. The van der Waals surface area contributed by atoms with Gasteiger partial charge < -0.3 is 0 Å². The molecule has 6 aromatic rings. The fourth-order valence-electron chi connectivity index (χ4n) is 5.75. The third-order valence-electron chi connectivity index (χ3n) is 7.32. The summed E-state index contributed by atoms with van der Waals surface area (Å²) in [5.74, 6) is 1.38. The lowest BCUT2D eigenvalue weighted by Gasteiger charge is -2.31. The van der Waals surface area contributed by atoms with Crippen molar-refractivity contribution in [1.29, 1.82) is 0 Å². The molecular formula is C33H23N3Si. The summed E-state index contributed by atoms with van der Waals surface area (Å²) in [6.45, 7) is 0. The summed E-state index contributed by atoms with van der Waals surface area (Å²) in [6.07, 6.45) is 1.62. The van der Waals surface area contributed by atoms with Gasteiger partial charge in [0.25, 0.3) is 0 Å². The van der Waals surface area contributed by atoms with E-state index in [1.807, 2.05) is 30.3 Å². The monoisotopic (exact) mass is 489 g/mol. The minimum atomic E-state index is -2.54. The summed E-state index contributed by atoms with van der Waals surface area (Å²) < 4.78 is 0. The minimum Gasteiger partial charge on any atom is -0.217 e. The van der Waals surface area contributed by atoms with Crippen LogP contribution in [0.3, 0.4) is 0 Å². The third kappa shape index (κ3) is 3.38. The molecule has 4 heteroatoms. The van der Waals surface area contributed by atoms with E-state index in [2.05, 4.69) is 113 Å². The average molecular weight is 490 g/mol. The molecule has 0 saturated heterocycles. The predicted molar refractivity (Wildman–Crippen MR) is 153 cm³/mol. The lowest BCUT2D eigenvalue weighted by molar-refractivity contribution is 1.07. The molecule has 0 amide bonds. The number of fused-ring (bicyclic) bond motifs is 3. The standard InChI is InChI=1S/C33H23N3Si/c1-4-12-24(13-5-1)32-34-23-35-33(36-32)25-20-21-29-28-18-10-11-19-30(28)37(31(29)22-25,26-14-6-2-7-15-26)27-16-8-3-9-17-27/h1-23H. The molecule has 1 aliphatic rings. The Bertz CT molecular complexity index is 1680. The number of hydrogen-bond acceptors (Lipinski definition) is 3. The van der Waals surface area contributed by atoms with Crippen LogP contribution in [0.4, 0.5) is 0 Å². The second-order valence-electron chi connectivity index (χ2n) is 9.29. The molecule has 0 radical (unpaired) electrons. The zero-order chi connectivity index (χ0) is 24.7. The van der Waals surface area contributed by atoms with Crippen molar-refractivity contribution in [2.24, 2.45) is 0 Å². The molecule has 0 fully saturated rings. The first-order valence-electron chi connectivity index (χ1n) is 12.5. The van der Waals surface area contributed by atoms with Crippen molar-refractivity contribution >= 4 is 28.8 Å². The van der Waals surface area contributed by atoms with E-state index in [0.717, 1.165) is 11.1 Å². The van der Waals surface area contributed by atoms with Crippen LogP contribution in [0.25, 0.3) is 33.9 Å². The van der Waals surface area contributed by atoms with Gasteiger partial charge in [-0.1, -0.05) is 133 Å². The average Bonchev–Trinajstić information content (AvgIpc) is 3.29. The first kappa shape index (κ1) is 21.6. The molecule has 174 valence electrons. The Kier molecular flexibility index (Phi) is 5.12. The highest BCUT2D eigenvalue weighted by molar-refractivity contribution is 7.22. The largest absolute Gasteiger partial charge is 0.217 e. The molecule has 0 unspecified atom stereocenters. The van der Waals surface area contributed by atoms with Gasteiger partial charge >= 0.3 is 0 Å². The van der Waals surface area contributed by atoms with E-state index in [9.17, 15) is 0 Å². The van der Waals surface area contributed by atoms with Crippen LogP contribution in [0.1, 0.15) is 0 Å². The molecule has 3 nitrogen and oxygen atoms in total. The molecule has 7 rings (SSSR count). The van der Waals surface area contributed by atoms with E-state index in [1.165, 1.54) is 31.9 Å². The van der Waals surface area contributed by atoms with Crippen molar-refractivity contribution in [2.75, 3.05) is 0 Å². The number of benzene rings is 5. The molecule has 0 saturated carbocycles. The second kappa shape index (κ2) is 8.77. The topological polar surface area (TPSA) is 38.7 Å². The Labute approximate surface area is 217 Å². The van der Waals surface area contributed by atoms with Gasteiger partial charge in [-0.2, -0.15) is 0 Å². The van der Waals surface area contributed by atoms with Crippen LogP contribution < -0.4 is 20.7 Å². The van der Waals surface area contributed by atoms with Crippen LogP contribution in [0.5, 0.6) is 0 Å². The predicted octanol–water partition coefficient (Wildman–Crippen LogP) is 4.56. The van der Waals surface area contributed by atoms with Gasteiger partial charge in [-0.3, -0.25) is 0 Å². The molecule has 0 spiro atoms. The van der Waals surface area contributed by atoms with Gasteiger partial charge in [0.15, 0.2) is 19.7 Å². The zero-order valence-electron chi connectivity index (χ0n) is 20.1. The quantitative estimate of drug-likeness (QED) is 0.340. The lowest BCUT2D eigenvalue weighted by atomic mass is 10.0. The van der Waals surface area contributed by atoms with Crippen molar-refractivity contribution in [3.05, 3.63) is 140 Å². The van der Waals surface area contributed by atoms with Crippen LogP contribution in [0, 0.1) is 0 Å². The summed E-state index contributed by atoms with van der Waals surface area (Å²) in [5, 5.41) is 5.57. The third-order valence-corrected chi connectivity index (χ3v) is 12.2. The maximum atomic E-state index is 4.87. The van der Waals surface area contributed by atoms with Gasteiger partial charge in [0.05, 0.1) is 0 Å². The van der Waals surface area contributed by atoms with Crippen molar-refractivity contribution < 1.29 is 0 Å². The van der Waals surface area contributed by atoms with E-state index in [0.29, 0.717) is 11.6 Å². The van der Waals surface area contributed by atoms with Gasteiger partial charge in [-0.05, 0) is 31.9 Å². The molecule has 2 heterocycles. The summed E-state index contributed by atoms with van der Waals surface area (Å²) >= 11 is 0. The summed E-state index contributed by atoms with van der Waals surface area (Å²) in [7, 11) is -2.54. The normalized spacial score (nSPS) is 13.1. The van der Waals surface area contributed by atoms with Gasteiger partial charge in [-0.25, -0.2) is 15.0 Å². The molecule has 37 heavy (non-hydrogen) atoms. The molecule has 0 N–H and O–H groups in total. The Morgan fingerprint density at radius 2 is 0.973 bits per heavy atom. The van der Waals surface area contributed by atoms with Crippen molar-refractivity contribution in [3.8, 4) is 33.9 Å². The second-order valence-corrected chi connectivity index (χ2v) is 13.0. The highest BCUT2D eigenvalue weighted by Gasteiger charge is 2.48. The first-order valence-corrected chi connectivity index (χ1v) is 14.5. The fourth-order valence-corrected chi connectivity index (χ4v) is 11.0. The fraction of sp³-hybridized carbons (Fsp3) is 0. The highest BCUT2D eigenvalue weighted by Crippen LogP contribution is 2.31. The lowest BCUT2D eigenvalue weighted by Crippen LogP contribution is -2.72. The minimum absolute atomic E-state index is 0.684. The van der Waals surface area contributed by atoms with E-state index < -0.39 is 8.07 Å². The van der Waals surface area contributed by atoms with Crippen molar-refractivity contribution in [3.63, 3.8) is 0 Å². The number of hydrogen-bond donors (Lipinski definition) is 0. The maximum absolute atomic E-state index is 4.87. The Hall–Kier alpha value is -4.67.